The lowest BCUT2D eigenvalue weighted by atomic mass is 10.3. The van der Waals surface area contributed by atoms with Crippen LogP contribution in [-0.2, 0) is 14.8 Å². The second-order valence-corrected chi connectivity index (χ2v) is 7.58. The van der Waals surface area contributed by atoms with Crippen LogP contribution in [0.25, 0.3) is 0 Å². The smallest absolute Gasteiger partial charge is 0.243 e. The average molecular weight is 452 g/mol. The number of hydrogen-bond donors (Lipinski definition) is 3. The van der Waals surface area contributed by atoms with Crippen LogP contribution in [0, 0.1) is 5.82 Å². The van der Waals surface area contributed by atoms with Crippen molar-refractivity contribution in [2.24, 2.45) is 0 Å². The molecule has 1 aromatic carbocycles. The van der Waals surface area contributed by atoms with E-state index in [1.807, 2.05) is 0 Å². The van der Waals surface area contributed by atoms with E-state index in [1.54, 1.807) is 0 Å². The lowest BCUT2D eigenvalue weighted by Crippen LogP contribution is -2.46. The second kappa shape index (κ2) is 11.2. The minimum atomic E-state index is -4.02. The van der Waals surface area contributed by atoms with Gasteiger partial charge >= 0.3 is 0 Å². The van der Waals surface area contributed by atoms with Crippen LogP contribution in [0.4, 0.5) is 10.1 Å². The van der Waals surface area contributed by atoms with Gasteiger partial charge < -0.3 is 10.6 Å². The van der Waals surface area contributed by atoms with Crippen LogP contribution < -0.4 is 15.4 Å². The Morgan fingerprint density at radius 3 is 2.50 bits per heavy atom. The zero-order chi connectivity index (χ0) is 17.7. The SMILES string of the molecule is CC(=O)Nc1cc(F)c(S(=O)(=O)NCCN2CCNCC2)cc1Cl.Cl.Cl. The van der Waals surface area contributed by atoms with Crippen molar-refractivity contribution >= 4 is 58.0 Å². The van der Waals surface area contributed by atoms with Crippen molar-refractivity contribution in [3.63, 3.8) is 0 Å². The highest BCUT2D eigenvalue weighted by atomic mass is 35.5. The predicted molar refractivity (Wildman–Crippen MR) is 105 cm³/mol. The van der Waals surface area contributed by atoms with Crippen LogP contribution in [0.3, 0.4) is 0 Å². The number of carbonyl (C=O) groups is 1. The number of amides is 1. The molecule has 26 heavy (non-hydrogen) atoms. The van der Waals surface area contributed by atoms with Crippen LogP contribution in [0.5, 0.6) is 0 Å². The Balaban J connectivity index is 0.00000312. The lowest BCUT2D eigenvalue weighted by Gasteiger charge is -2.27. The third kappa shape index (κ3) is 7.15. The Morgan fingerprint density at radius 2 is 1.92 bits per heavy atom. The quantitative estimate of drug-likeness (QED) is 0.609. The standard InChI is InChI=1S/C14H20ClFN4O3S.2ClH/c1-10(21)19-13-9-12(16)14(8-11(13)15)24(22,23)18-4-7-20-5-2-17-3-6-20;;/h8-9,17-18H,2-7H2,1H3,(H,19,21);2*1H. The van der Waals surface area contributed by atoms with E-state index < -0.39 is 26.6 Å². The maximum atomic E-state index is 14.1. The van der Waals surface area contributed by atoms with E-state index in [4.69, 9.17) is 11.6 Å². The fourth-order valence-corrected chi connectivity index (χ4v) is 3.75. The average Bonchev–Trinajstić information content (AvgIpc) is 2.51. The molecule has 1 aromatic rings. The maximum Gasteiger partial charge on any atom is 0.243 e. The molecule has 3 N–H and O–H groups in total. The van der Waals surface area contributed by atoms with Gasteiger partial charge in [-0.05, 0) is 6.07 Å². The molecule has 0 saturated carbocycles. The summed E-state index contributed by atoms with van der Waals surface area (Å²) in [5.74, 6) is -1.40. The number of sulfonamides is 1. The molecule has 0 radical (unpaired) electrons. The van der Waals surface area contributed by atoms with E-state index in [2.05, 4.69) is 20.3 Å². The molecular formula is C14H22Cl3FN4O3S. The molecule has 12 heteroatoms. The summed E-state index contributed by atoms with van der Waals surface area (Å²) in [6.45, 7) is 5.37. The normalized spacial score (nSPS) is 14.9. The van der Waals surface area contributed by atoms with Crippen LogP contribution in [0.15, 0.2) is 17.0 Å². The number of benzene rings is 1. The molecule has 1 aliphatic heterocycles. The zero-order valence-electron chi connectivity index (χ0n) is 14.0. The van der Waals surface area contributed by atoms with Crippen molar-refractivity contribution < 1.29 is 17.6 Å². The highest BCUT2D eigenvalue weighted by Crippen LogP contribution is 2.28. The fraction of sp³-hybridized carbons (Fsp3) is 0.500. The van der Waals surface area contributed by atoms with Crippen molar-refractivity contribution in [3.8, 4) is 0 Å². The Labute approximate surface area is 169 Å². The number of nitrogens with zero attached hydrogens (tertiary/aromatic N) is 1. The summed E-state index contributed by atoms with van der Waals surface area (Å²) >= 11 is 5.92. The van der Waals surface area contributed by atoms with Crippen LogP contribution in [0.2, 0.25) is 5.02 Å². The van der Waals surface area contributed by atoms with Crippen LogP contribution in [0.1, 0.15) is 6.92 Å². The van der Waals surface area contributed by atoms with Gasteiger partial charge in [-0.25, -0.2) is 17.5 Å². The van der Waals surface area contributed by atoms with E-state index in [-0.39, 0.29) is 42.1 Å². The largest absolute Gasteiger partial charge is 0.325 e. The molecule has 0 bridgehead atoms. The van der Waals surface area contributed by atoms with Crippen LogP contribution in [-0.4, -0.2) is 58.5 Å². The van der Waals surface area contributed by atoms with Gasteiger partial charge in [-0.15, -0.1) is 24.8 Å². The highest BCUT2D eigenvalue weighted by molar-refractivity contribution is 7.89. The minimum absolute atomic E-state index is 0. The van der Waals surface area contributed by atoms with Crippen molar-refractivity contribution in [2.45, 2.75) is 11.8 Å². The Bertz CT molecular complexity index is 716. The number of piperazine rings is 1. The molecule has 0 spiro atoms. The topological polar surface area (TPSA) is 90.5 Å². The molecule has 1 saturated heterocycles. The number of anilines is 1. The first kappa shape index (κ1) is 25.3. The van der Waals surface area contributed by atoms with Crippen molar-refractivity contribution in [2.75, 3.05) is 44.6 Å². The van der Waals surface area contributed by atoms with E-state index >= 15 is 0 Å². The summed E-state index contributed by atoms with van der Waals surface area (Å²) in [5.41, 5.74) is 0.0291. The molecule has 2 rings (SSSR count). The first-order chi connectivity index (χ1) is 11.3. The summed E-state index contributed by atoms with van der Waals surface area (Å²) in [6, 6.07) is 1.89. The second-order valence-electron chi connectivity index (χ2n) is 5.43. The van der Waals surface area contributed by atoms with E-state index in [0.29, 0.717) is 6.54 Å². The van der Waals surface area contributed by atoms with Gasteiger partial charge in [0.25, 0.3) is 0 Å². The number of carbonyl (C=O) groups excluding carboxylic acids is 1. The van der Waals surface area contributed by atoms with Gasteiger partial charge in [-0.3, -0.25) is 9.69 Å². The minimum Gasteiger partial charge on any atom is -0.325 e. The monoisotopic (exact) mass is 450 g/mol. The van der Waals surface area contributed by atoms with Gasteiger partial charge in [-0.1, -0.05) is 11.6 Å². The third-order valence-corrected chi connectivity index (χ3v) is 5.34. The maximum absolute atomic E-state index is 14.1. The zero-order valence-corrected chi connectivity index (χ0v) is 17.3. The Kier molecular flexibility index (Phi) is 10.9. The lowest BCUT2D eigenvalue weighted by molar-refractivity contribution is -0.114. The van der Waals surface area contributed by atoms with Gasteiger partial charge in [-0.2, -0.15) is 0 Å². The number of rotatable bonds is 6. The molecule has 0 aromatic heterocycles. The number of hydrogen-bond acceptors (Lipinski definition) is 5. The highest BCUT2D eigenvalue weighted by Gasteiger charge is 2.22. The molecular weight excluding hydrogens is 430 g/mol. The van der Waals surface area contributed by atoms with Crippen molar-refractivity contribution in [1.29, 1.82) is 0 Å². The summed E-state index contributed by atoms with van der Waals surface area (Å²) in [6.07, 6.45) is 0. The fourth-order valence-electron chi connectivity index (χ4n) is 2.37. The van der Waals surface area contributed by atoms with Crippen LogP contribution >= 0.6 is 36.4 Å². The van der Waals surface area contributed by atoms with E-state index in [1.165, 1.54) is 6.92 Å². The molecule has 1 aliphatic rings. The van der Waals surface area contributed by atoms with Gasteiger partial charge in [0.15, 0.2) is 0 Å². The summed E-state index contributed by atoms with van der Waals surface area (Å²) < 4.78 is 41.0. The van der Waals surface area contributed by atoms with Gasteiger partial charge in [0, 0.05) is 52.3 Å². The van der Waals surface area contributed by atoms with Gasteiger partial charge in [0.05, 0.1) is 10.7 Å². The van der Waals surface area contributed by atoms with Gasteiger partial charge in [0.1, 0.15) is 10.7 Å². The Hall–Kier alpha value is -0.680. The first-order valence-corrected chi connectivity index (χ1v) is 9.35. The van der Waals surface area contributed by atoms with Crippen molar-refractivity contribution in [3.05, 3.63) is 23.0 Å². The molecule has 0 unspecified atom stereocenters. The predicted octanol–water partition coefficient (Wildman–Crippen LogP) is 1.46. The molecule has 1 fully saturated rings. The molecule has 7 nitrogen and oxygen atoms in total. The Morgan fingerprint density at radius 1 is 1.31 bits per heavy atom. The third-order valence-electron chi connectivity index (χ3n) is 3.55. The summed E-state index contributed by atoms with van der Waals surface area (Å²) in [5, 5.41) is 5.50. The summed E-state index contributed by atoms with van der Waals surface area (Å²) in [7, 11) is -4.02. The molecule has 150 valence electrons. The first-order valence-electron chi connectivity index (χ1n) is 7.49. The summed E-state index contributed by atoms with van der Waals surface area (Å²) in [4.78, 5) is 12.6. The molecule has 1 heterocycles. The van der Waals surface area contributed by atoms with E-state index in [9.17, 15) is 17.6 Å². The molecule has 1 amide bonds. The molecule has 0 aliphatic carbocycles. The number of halogens is 4. The van der Waals surface area contributed by atoms with Crippen molar-refractivity contribution in [1.82, 2.24) is 14.9 Å². The number of nitrogens with one attached hydrogen (secondary N) is 3. The molecule has 0 atom stereocenters. The van der Waals surface area contributed by atoms with Gasteiger partial charge in [0.2, 0.25) is 15.9 Å². The van der Waals surface area contributed by atoms with E-state index in [0.717, 1.165) is 38.3 Å².